The summed E-state index contributed by atoms with van der Waals surface area (Å²) >= 11 is 0. The van der Waals surface area contributed by atoms with E-state index >= 15 is 0 Å². The van der Waals surface area contributed by atoms with E-state index in [1.54, 1.807) is 0 Å². The number of carbonyl (C=O) groups is 2. The second-order valence-electron chi connectivity index (χ2n) is 6.14. The Morgan fingerprint density at radius 3 is 2.48 bits per heavy atom. The molecule has 0 aliphatic carbocycles. The summed E-state index contributed by atoms with van der Waals surface area (Å²) in [4.78, 5) is 25.2. The fourth-order valence-corrected chi connectivity index (χ4v) is 2.62. The lowest BCUT2D eigenvalue weighted by Gasteiger charge is -2.29. The van der Waals surface area contributed by atoms with Crippen LogP contribution in [0.25, 0.3) is 0 Å². The van der Waals surface area contributed by atoms with E-state index in [9.17, 15) is 9.59 Å². The molecular formula is C15H29N3O3. The summed E-state index contributed by atoms with van der Waals surface area (Å²) in [5.74, 6) is -0.400. The Morgan fingerprint density at radius 2 is 1.95 bits per heavy atom. The van der Waals surface area contributed by atoms with Crippen LogP contribution in [-0.2, 0) is 4.79 Å². The minimum absolute atomic E-state index is 0.0814. The van der Waals surface area contributed by atoms with Gasteiger partial charge in [0.25, 0.3) is 0 Å². The van der Waals surface area contributed by atoms with Crippen molar-refractivity contribution in [3.05, 3.63) is 0 Å². The van der Waals surface area contributed by atoms with Gasteiger partial charge < -0.3 is 20.6 Å². The van der Waals surface area contributed by atoms with Crippen LogP contribution in [0.5, 0.6) is 0 Å². The molecule has 122 valence electrons. The van der Waals surface area contributed by atoms with Gasteiger partial charge in [-0.1, -0.05) is 20.3 Å². The first-order valence-corrected chi connectivity index (χ1v) is 7.89. The number of aliphatic carboxylic acids is 1. The molecule has 6 heteroatoms. The van der Waals surface area contributed by atoms with E-state index in [-0.39, 0.29) is 11.9 Å². The van der Waals surface area contributed by atoms with Gasteiger partial charge in [0.2, 0.25) is 0 Å². The lowest BCUT2D eigenvalue weighted by molar-refractivity contribution is -0.140. The molecule has 1 aliphatic rings. The van der Waals surface area contributed by atoms with Crippen molar-refractivity contribution >= 4 is 12.0 Å². The maximum atomic E-state index is 11.8. The third kappa shape index (κ3) is 6.33. The number of hydrogen-bond acceptors (Lipinski definition) is 3. The monoisotopic (exact) mass is 299 g/mol. The van der Waals surface area contributed by atoms with Crippen LogP contribution in [0.3, 0.4) is 0 Å². The molecule has 1 heterocycles. The fraction of sp³-hybridized carbons (Fsp3) is 0.867. The van der Waals surface area contributed by atoms with Gasteiger partial charge >= 0.3 is 12.0 Å². The van der Waals surface area contributed by atoms with Crippen LogP contribution >= 0.6 is 0 Å². The number of nitrogens with one attached hydrogen (secondary N) is 2. The van der Waals surface area contributed by atoms with Gasteiger partial charge in [-0.25, -0.2) is 9.59 Å². The number of nitrogens with zero attached hydrogens (tertiary/aromatic N) is 1. The Labute approximate surface area is 127 Å². The molecular weight excluding hydrogens is 270 g/mol. The first kappa shape index (κ1) is 17.8. The zero-order chi connectivity index (χ0) is 15.8. The van der Waals surface area contributed by atoms with Crippen molar-refractivity contribution in [3.63, 3.8) is 0 Å². The second kappa shape index (κ2) is 8.87. The molecule has 2 amide bonds. The zero-order valence-corrected chi connectivity index (χ0v) is 13.4. The van der Waals surface area contributed by atoms with Gasteiger partial charge in [-0.3, -0.25) is 0 Å². The number of urea groups is 1. The van der Waals surface area contributed by atoms with Crippen molar-refractivity contribution in [1.82, 2.24) is 15.5 Å². The quantitative estimate of drug-likeness (QED) is 0.665. The van der Waals surface area contributed by atoms with Crippen molar-refractivity contribution in [2.75, 3.05) is 26.7 Å². The summed E-state index contributed by atoms with van der Waals surface area (Å²) < 4.78 is 0. The van der Waals surface area contributed by atoms with Crippen molar-refractivity contribution in [2.45, 2.75) is 45.6 Å². The number of carboxylic acids is 1. The van der Waals surface area contributed by atoms with Crippen molar-refractivity contribution < 1.29 is 14.7 Å². The molecule has 0 aromatic rings. The van der Waals surface area contributed by atoms with E-state index < -0.39 is 12.0 Å². The Bertz CT molecular complexity index is 341. The number of hydrogen-bond donors (Lipinski definition) is 3. The predicted molar refractivity (Wildman–Crippen MR) is 82.3 cm³/mol. The lowest BCUT2D eigenvalue weighted by Crippen LogP contribution is -2.49. The van der Waals surface area contributed by atoms with E-state index in [0.29, 0.717) is 18.9 Å². The SMILES string of the molecule is CCC(C)C(NC(=O)NCCC1CCN(C)CC1)C(=O)O. The van der Waals surface area contributed by atoms with Gasteiger partial charge in [0.1, 0.15) is 6.04 Å². The summed E-state index contributed by atoms with van der Waals surface area (Å²) in [6.45, 7) is 6.59. The number of carboxylic acid groups (broad SMARTS) is 1. The second-order valence-corrected chi connectivity index (χ2v) is 6.14. The molecule has 6 nitrogen and oxygen atoms in total. The third-order valence-electron chi connectivity index (χ3n) is 4.44. The van der Waals surface area contributed by atoms with Gasteiger partial charge in [-0.2, -0.15) is 0 Å². The van der Waals surface area contributed by atoms with Crippen LogP contribution in [0.4, 0.5) is 4.79 Å². The van der Waals surface area contributed by atoms with Crippen molar-refractivity contribution in [2.24, 2.45) is 11.8 Å². The molecule has 1 saturated heterocycles. The van der Waals surface area contributed by atoms with Gasteiger partial charge in [-0.15, -0.1) is 0 Å². The molecule has 1 rings (SSSR count). The van der Waals surface area contributed by atoms with Gasteiger partial charge in [-0.05, 0) is 51.2 Å². The van der Waals surface area contributed by atoms with Crippen LogP contribution in [0.2, 0.25) is 0 Å². The lowest BCUT2D eigenvalue weighted by atomic mass is 9.94. The van der Waals surface area contributed by atoms with Crippen molar-refractivity contribution in [1.29, 1.82) is 0 Å². The summed E-state index contributed by atoms with van der Waals surface area (Å²) in [5.41, 5.74) is 0. The maximum Gasteiger partial charge on any atom is 0.326 e. The van der Waals surface area contributed by atoms with Crippen LogP contribution in [0.15, 0.2) is 0 Å². The molecule has 0 bridgehead atoms. The Balaban J connectivity index is 2.25. The molecule has 2 unspecified atom stereocenters. The highest BCUT2D eigenvalue weighted by molar-refractivity contribution is 5.82. The Hall–Kier alpha value is -1.30. The third-order valence-corrected chi connectivity index (χ3v) is 4.44. The average Bonchev–Trinajstić information content (AvgIpc) is 2.45. The number of piperidine rings is 1. The van der Waals surface area contributed by atoms with Crippen LogP contribution in [0.1, 0.15) is 39.5 Å². The topological polar surface area (TPSA) is 81.7 Å². The number of likely N-dealkylation sites (tertiary alicyclic amines) is 1. The molecule has 2 atom stereocenters. The van der Waals surface area contributed by atoms with Crippen LogP contribution < -0.4 is 10.6 Å². The largest absolute Gasteiger partial charge is 0.480 e. The summed E-state index contributed by atoms with van der Waals surface area (Å²) in [6.07, 6.45) is 4.02. The molecule has 1 fully saturated rings. The first-order chi connectivity index (χ1) is 9.93. The van der Waals surface area contributed by atoms with E-state index in [1.807, 2.05) is 13.8 Å². The standard InChI is InChI=1S/C15H29N3O3/c1-4-11(2)13(14(19)20)17-15(21)16-8-5-12-6-9-18(3)10-7-12/h11-13H,4-10H2,1-3H3,(H,19,20)(H2,16,17,21). The maximum absolute atomic E-state index is 11.8. The minimum atomic E-state index is -0.977. The summed E-state index contributed by atoms with van der Waals surface area (Å²) in [7, 11) is 2.13. The summed E-state index contributed by atoms with van der Waals surface area (Å²) in [5, 5.41) is 14.5. The van der Waals surface area contributed by atoms with E-state index in [0.717, 1.165) is 19.5 Å². The molecule has 0 aromatic heterocycles. The fourth-order valence-electron chi connectivity index (χ4n) is 2.62. The predicted octanol–water partition coefficient (Wildman–Crippen LogP) is 1.52. The Morgan fingerprint density at radius 1 is 1.33 bits per heavy atom. The highest BCUT2D eigenvalue weighted by Crippen LogP contribution is 2.18. The number of carbonyl (C=O) groups excluding carboxylic acids is 1. The first-order valence-electron chi connectivity index (χ1n) is 7.89. The van der Waals surface area contributed by atoms with Gasteiger partial charge in [0.15, 0.2) is 0 Å². The smallest absolute Gasteiger partial charge is 0.326 e. The van der Waals surface area contributed by atoms with Crippen molar-refractivity contribution in [3.8, 4) is 0 Å². The Kier molecular flexibility index (Phi) is 7.50. The normalized spacial score (nSPS) is 19.8. The summed E-state index contributed by atoms with van der Waals surface area (Å²) in [6, 6.07) is -1.20. The zero-order valence-electron chi connectivity index (χ0n) is 13.4. The van der Waals surface area contributed by atoms with E-state index in [1.165, 1.54) is 12.8 Å². The molecule has 0 aromatic carbocycles. The van der Waals surface area contributed by atoms with E-state index in [4.69, 9.17) is 5.11 Å². The average molecular weight is 299 g/mol. The van der Waals surface area contributed by atoms with Crippen LogP contribution in [-0.4, -0.2) is 54.7 Å². The molecule has 0 spiro atoms. The molecule has 3 N–H and O–H groups in total. The van der Waals surface area contributed by atoms with Gasteiger partial charge in [0, 0.05) is 6.54 Å². The number of amides is 2. The molecule has 1 aliphatic heterocycles. The highest BCUT2D eigenvalue weighted by atomic mass is 16.4. The minimum Gasteiger partial charge on any atom is -0.480 e. The highest BCUT2D eigenvalue weighted by Gasteiger charge is 2.25. The van der Waals surface area contributed by atoms with Crippen LogP contribution in [0, 0.1) is 11.8 Å². The molecule has 0 radical (unpaired) electrons. The molecule has 0 saturated carbocycles. The molecule has 21 heavy (non-hydrogen) atoms. The van der Waals surface area contributed by atoms with Gasteiger partial charge in [0.05, 0.1) is 0 Å². The van der Waals surface area contributed by atoms with E-state index in [2.05, 4.69) is 22.6 Å². The number of rotatable bonds is 7.